The Morgan fingerprint density at radius 3 is 2.37 bits per heavy atom. The van der Waals surface area contributed by atoms with Gasteiger partial charge in [0.2, 0.25) is 5.91 Å². The maximum Gasteiger partial charge on any atom is 0.254 e. The van der Waals surface area contributed by atoms with Crippen LogP contribution in [0, 0.1) is 6.92 Å². The molecule has 7 heteroatoms. The number of hydrogen-bond donors (Lipinski definition) is 1. The molecule has 1 saturated carbocycles. The summed E-state index contributed by atoms with van der Waals surface area (Å²) < 4.78 is 10.9. The number of nitrogens with one attached hydrogen (secondary N) is 1. The van der Waals surface area contributed by atoms with Gasteiger partial charge in [0, 0.05) is 22.7 Å². The molecule has 3 aromatic rings. The highest BCUT2D eigenvalue weighted by Crippen LogP contribution is 2.46. The van der Waals surface area contributed by atoms with Gasteiger partial charge in [-0.25, -0.2) is 0 Å². The van der Waals surface area contributed by atoms with Crippen molar-refractivity contribution in [3.63, 3.8) is 0 Å². The summed E-state index contributed by atoms with van der Waals surface area (Å²) in [6, 6.07) is 18.3. The van der Waals surface area contributed by atoms with Gasteiger partial charge in [0.15, 0.2) is 0 Å². The SMILES string of the molecule is COc1ccc([C@H]2[C@H](C(=O)Nc3cc(C)c(Cl)cc3OC)c3ccccc3C(=O)N2C2CCCCC2)cc1. The summed E-state index contributed by atoms with van der Waals surface area (Å²) in [7, 11) is 3.18. The van der Waals surface area contributed by atoms with Crippen LogP contribution in [0.1, 0.15) is 71.1 Å². The minimum atomic E-state index is -0.625. The number of methoxy groups -OCH3 is 2. The second kappa shape index (κ2) is 11.1. The third-order valence-electron chi connectivity index (χ3n) is 7.82. The van der Waals surface area contributed by atoms with E-state index in [1.165, 1.54) is 6.42 Å². The lowest BCUT2D eigenvalue weighted by Gasteiger charge is -2.46. The Kier molecular flexibility index (Phi) is 7.61. The molecule has 1 fully saturated rings. The molecular weight excluding hydrogens is 500 g/mol. The van der Waals surface area contributed by atoms with Gasteiger partial charge in [-0.3, -0.25) is 9.59 Å². The van der Waals surface area contributed by atoms with Crippen LogP contribution >= 0.6 is 11.6 Å². The van der Waals surface area contributed by atoms with E-state index >= 15 is 0 Å². The Labute approximate surface area is 228 Å². The molecule has 2 atom stereocenters. The third-order valence-corrected chi connectivity index (χ3v) is 8.23. The van der Waals surface area contributed by atoms with Crippen LogP contribution in [0.5, 0.6) is 11.5 Å². The molecular formula is C31H33ClN2O4. The first-order chi connectivity index (χ1) is 18.4. The first kappa shape index (κ1) is 26.1. The zero-order valence-corrected chi connectivity index (χ0v) is 22.8. The molecule has 0 radical (unpaired) electrons. The van der Waals surface area contributed by atoms with Crippen molar-refractivity contribution >= 4 is 29.1 Å². The molecule has 6 nitrogen and oxygen atoms in total. The quantitative estimate of drug-likeness (QED) is 0.374. The fourth-order valence-corrected chi connectivity index (χ4v) is 6.04. The van der Waals surface area contributed by atoms with Crippen LogP contribution < -0.4 is 14.8 Å². The predicted octanol–water partition coefficient (Wildman–Crippen LogP) is 6.92. The number of anilines is 1. The van der Waals surface area contributed by atoms with Crippen molar-refractivity contribution in [2.75, 3.05) is 19.5 Å². The van der Waals surface area contributed by atoms with Gasteiger partial charge in [-0.05, 0) is 60.7 Å². The minimum Gasteiger partial charge on any atom is -0.497 e. The van der Waals surface area contributed by atoms with E-state index in [1.54, 1.807) is 20.3 Å². The molecule has 0 spiro atoms. The minimum absolute atomic E-state index is 0.0164. The lowest BCUT2D eigenvalue weighted by atomic mass is 9.77. The highest BCUT2D eigenvalue weighted by atomic mass is 35.5. The van der Waals surface area contributed by atoms with E-state index in [0.717, 1.165) is 48.1 Å². The van der Waals surface area contributed by atoms with E-state index in [2.05, 4.69) is 5.32 Å². The van der Waals surface area contributed by atoms with Crippen molar-refractivity contribution in [3.05, 3.63) is 87.9 Å². The van der Waals surface area contributed by atoms with Gasteiger partial charge in [0.25, 0.3) is 5.91 Å². The molecule has 198 valence electrons. The number of carbonyl (C=O) groups excluding carboxylic acids is 2. The van der Waals surface area contributed by atoms with Crippen LogP contribution in [0.15, 0.2) is 60.7 Å². The standard InChI is InChI=1S/C31H33ClN2O4/c1-19-17-26(27(38-3)18-25(19)32)33-30(35)28-23-11-7-8-12-24(23)31(36)34(21-9-5-4-6-10-21)29(28)20-13-15-22(37-2)16-14-20/h7-8,11-18,21,28-29H,4-6,9-10H2,1-3H3,(H,33,35)/t28-,29+/m1/s1. The Morgan fingerprint density at radius 2 is 1.68 bits per heavy atom. The predicted molar refractivity (Wildman–Crippen MR) is 149 cm³/mol. The van der Waals surface area contributed by atoms with Gasteiger partial charge < -0.3 is 19.7 Å². The lowest BCUT2D eigenvalue weighted by Crippen LogP contribution is -2.51. The fourth-order valence-electron chi connectivity index (χ4n) is 5.89. The van der Waals surface area contributed by atoms with Crippen LogP contribution in [0.2, 0.25) is 5.02 Å². The summed E-state index contributed by atoms with van der Waals surface area (Å²) in [6.07, 6.45) is 5.17. The largest absolute Gasteiger partial charge is 0.497 e. The molecule has 1 aliphatic heterocycles. The van der Waals surface area contributed by atoms with E-state index in [9.17, 15) is 9.59 Å². The second-order valence-corrected chi connectivity index (χ2v) is 10.5. The van der Waals surface area contributed by atoms with Gasteiger partial charge in [-0.15, -0.1) is 0 Å². The number of nitrogens with zero attached hydrogens (tertiary/aromatic N) is 1. The van der Waals surface area contributed by atoms with Crippen molar-refractivity contribution in [2.45, 2.75) is 57.0 Å². The zero-order valence-electron chi connectivity index (χ0n) is 22.0. The molecule has 0 bridgehead atoms. The van der Waals surface area contributed by atoms with E-state index in [0.29, 0.717) is 22.0 Å². The number of benzene rings is 3. The van der Waals surface area contributed by atoms with Gasteiger partial charge in [0.1, 0.15) is 11.5 Å². The van der Waals surface area contributed by atoms with Gasteiger partial charge in [-0.1, -0.05) is 61.2 Å². The van der Waals surface area contributed by atoms with Crippen molar-refractivity contribution in [1.29, 1.82) is 0 Å². The molecule has 1 aliphatic carbocycles. The highest BCUT2D eigenvalue weighted by molar-refractivity contribution is 6.31. The Bertz CT molecular complexity index is 1330. The second-order valence-electron chi connectivity index (χ2n) is 10.1. The highest BCUT2D eigenvalue weighted by Gasteiger charge is 2.46. The molecule has 38 heavy (non-hydrogen) atoms. The first-order valence-corrected chi connectivity index (χ1v) is 13.5. The topological polar surface area (TPSA) is 67.9 Å². The summed E-state index contributed by atoms with van der Waals surface area (Å²) in [4.78, 5) is 30.3. The number of aryl methyl sites for hydroxylation is 1. The molecule has 0 aromatic heterocycles. The average Bonchev–Trinajstić information content (AvgIpc) is 2.95. The maximum absolute atomic E-state index is 14.3. The van der Waals surface area contributed by atoms with Crippen LogP contribution in [0.3, 0.4) is 0 Å². The molecule has 5 rings (SSSR count). The lowest BCUT2D eigenvalue weighted by molar-refractivity contribution is -0.119. The number of halogens is 1. The van der Waals surface area contributed by atoms with Gasteiger partial charge >= 0.3 is 0 Å². The summed E-state index contributed by atoms with van der Waals surface area (Å²) in [5.74, 6) is 0.367. The van der Waals surface area contributed by atoms with Crippen molar-refractivity contribution < 1.29 is 19.1 Å². The number of carbonyl (C=O) groups is 2. The van der Waals surface area contributed by atoms with E-state index < -0.39 is 12.0 Å². The Morgan fingerprint density at radius 1 is 0.974 bits per heavy atom. The number of rotatable bonds is 6. The zero-order chi connectivity index (χ0) is 26.8. The van der Waals surface area contributed by atoms with E-state index in [1.807, 2.05) is 66.4 Å². The maximum atomic E-state index is 14.3. The van der Waals surface area contributed by atoms with Gasteiger partial charge in [-0.2, -0.15) is 0 Å². The Balaban J connectivity index is 1.64. The van der Waals surface area contributed by atoms with Crippen molar-refractivity contribution in [1.82, 2.24) is 4.90 Å². The smallest absolute Gasteiger partial charge is 0.254 e. The first-order valence-electron chi connectivity index (χ1n) is 13.1. The van der Waals surface area contributed by atoms with E-state index in [-0.39, 0.29) is 17.9 Å². The van der Waals surface area contributed by atoms with Crippen molar-refractivity contribution in [3.8, 4) is 11.5 Å². The average molecular weight is 533 g/mol. The number of fused-ring (bicyclic) bond motifs is 1. The van der Waals surface area contributed by atoms with Crippen LogP contribution in [-0.2, 0) is 4.79 Å². The monoisotopic (exact) mass is 532 g/mol. The molecule has 1 heterocycles. The number of amides is 2. The molecule has 0 unspecified atom stereocenters. The number of hydrogen-bond acceptors (Lipinski definition) is 4. The molecule has 2 amide bonds. The van der Waals surface area contributed by atoms with E-state index in [4.69, 9.17) is 21.1 Å². The molecule has 2 aliphatic rings. The summed E-state index contributed by atoms with van der Waals surface area (Å²) in [6.45, 7) is 1.89. The van der Waals surface area contributed by atoms with Gasteiger partial charge in [0.05, 0.1) is 31.9 Å². The Hall–Kier alpha value is -3.51. The van der Waals surface area contributed by atoms with Crippen molar-refractivity contribution in [2.24, 2.45) is 0 Å². The normalized spacial score (nSPS) is 19.6. The van der Waals surface area contributed by atoms with Crippen LogP contribution in [-0.4, -0.2) is 37.0 Å². The number of ether oxygens (including phenoxy) is 2. The summed E-state index contributed by atoms with van der Waals surface area (Å²) >= 11 is 6.32. The molecule has 3 aromatic carbocycles. The third kappa shape index (κ3) is 4.85. The summed E-state index contributed by atoms with van der Waals surface area (Å²) in [5, 5.41) is 3.68. The van der Waals surface area contributed by atoms with Crippen LogP contribution in [0.4, 0.5) is 5.69 Å². The molecule has 0 saturated heterocycles. The fraction of sp³-hybridized carbons (Fsp3) is 0.355. The summed E-state index contributed by atoms with van der Waals surface area (Å²) in [5.41, 5.74) is 3.59. The van der Waals surface area contributed by atoms with Crippen LogP contribution in [0.25, 0.3) is 0 Å². The molecule has 1 N–H and O–H groups in total.